The predicted molar refractivity (Wildman–Crippen MR) is 135 cm³/mol. The molecular weight excluding hydrogens is 448 g/mol. The van der Waals surface area contributed by atoms with Gasteiger partial charge >= 0.3 is 0 Å². The summed E-state index contributed by atoms with van der Waals surface area (Å²) in [5.41, 5.74) is 2.92. The molecule has 0 N–H and O–H groups in total. The van der Waals surface area contributed by atoms with Crippen LogP contribution in [-0.4, -0.2) is 41.7 Å². The van der Waals surface area contributed by atoms with Crippen molar-refractivity contribution in [3.05, 3.63) is 87.7 Å². The lowest BCUT2D eigenvalue weighted by molar-refractivity contribution is 0.0742. The number of carbonyl (C=O) groups is 1. The number of pyridine rings is 1. The van der Waals surface area contributed by atoms with Gasteiger partial charge in [0.2, 0.25) is 5.56 Å². The summed E-state index contributed by atoms with van der Waals surface area (Å²) in [6.07, 6.45) is 2.91. The van der Waals surface area contributed by atoms with E-state index in [1.807, 2.05) is 65.7 Å². The highest BCUT2D eigenvalue weighted by molar-refractivity contribution is 7.21. The zero-order chi connectivity index (χ0) is 23.7. The van der Waals surface area contributed by atoms with E-state index in [4.69, 9.17) is 9.47 Å². The molecule has 2 aromatic carbocycles. The van der Waals surface area contributed by atoms with Gasteiger partial charge in [-0.1, -0.05) is 30.3 Å². The van der Waals surface area contributed by atoms with E-state index in [1.165, 1.54) is 11.3 Å². The van der Waals surface area contributed by atoms with Gasteiger partial charge in [0.25, 0.3) is 5.91 Å². The molecule has 3 heterocycles. The van der Waals surface area contributed by atoms with E-state index in [0.717, 1.165) is 45.6 Å². The summed E-state index contributed by atoms with van der Waals surface area (Å²) in [4.78, 5) is 28.2. The maximum Gasteiger partial charge on any atom is 0.264 e. The summed E-state index contributed by atoms with van der Waals surface area (Å²) >= 11 is 1.47. The number of amides is 1. The molecule has 174 valence electrons. The van der Waals surface area contributed by atoms with E-state index in [9.17, 15) is 9.59 Å². The van der Waals surface area contributed by atoms with E-state index < -0.39 is 0 Å². The number of rotatable bonds is 8. The average molecular weight is 475 g/mol. The smallest absolute Gasteiger partial charge is 0.264 e. The third kappa shape index (κ3) is 4.62. The van der Waals surface area contributed by atoms with Crippen LogP contribution in [0.4, 0.5) is 0 Å². The number of aryl methyl sites for hydroxylation is 1. The van der Waals surface area contributed by atoms with Crippen LogP contribution in [0, 0.1) is 0 Å². The number of aromatic nitrogens is 1. The normalized spacial score (nSPS) is 14.8. The van der Waals surface area contributed by atoms with E-state index in [2.05, 4.69) is 0 Å². The zero-order valence-electron chi connectivity index (χ0n) is 19.2. The Balaban J connectivity index is 1.53. The van der Waals surface area contributed by atoms with Gasteiger partial charge in [-0.05, 0) is 41.8 Å². The lowest BCUT2D eigenvalue weighted by Crippen LogP contribution is -2.31. The summed E-state index contributed by atoms with van der Waals surface area (Å²) in [5, 5.41) is 0.896. The molecule has 2 aromatic heterocycles. The van der Waals surface area contributed by atoms with Crippen LogP contribution in [0.5, 0.6) is 5.75 Å². The minimum atomic E-state index is -0.0632. The third-order valence-corrected chi connectivity index (χ3v) is 7.25. The lowest BCUT2D eigenvalue weighted by atomic mass is 10.0. The fourth-order valence-corrected chi connectivity index (χ4v) is 5.29. The second-order valence-electron chi connectivity index (χ2n) is 8.49. The van der Waals surface area contributed by atoms with E-state index in [-0.39, 0.29) is 17.6 Å². The summed E-state index contributed by atoms with van der Waals surface area (Å²) in [5.74, 6) is 0.721. The van der Waals surface area contributed by atoms with Crippen LogP contribution in [0.1, 0.15) is 21.7 Å². The Hall–Kier alpha value is -3.42. The Morgan fingerprint density at radius 2 is 1.97 bits per heavy atom. The van der Waals surface area contributed by atoms with Crippen molar-refractivity contribution in [2.24, 2.45) is 7.05 Å². The van der Waals surface area contributed by atoms with E-state index >= 15 is 0 Å². The van der Waals surface area contributed by atoms with Gasteiger partial charge in [-0.2, -0.15) is 0 Å². The van der Waals surface area contributed by atoms with Crippen LogP contribution >= 0.6 is 11.3 Å². The van der Waals surface area contributed by atoms with Crippen molar-refractivity contribution >= 4 is 27.3 Å². The molecule has 34 heavy (non-hydrogen) atoms. The standard InChI is InChI=1S/C27H26N2O4S/c1-28-16-19(8-11-25(28)30)21-9-10-23(32-2)22-14-24(34-26(21)22)27(31)29(13-12-20-17-33-20)15-18-6-4-3-5-7-18/h3-11,14,16,20H,12-13,15,17H2,1-2H3. The Morgan fingerprint density at radius 3 is 2.68 bits per heavy atom. The van der Waals surface area contributed by atoms with Gasteiger partial charge in [0.05, 0.1) is 24.7 Å². The molecule has 1 atom stereocenters. The van der Waals surface area contributed by atoms with Crippen molar-refractivity contribution < 1.29 is 14.3 Å². The minimum absolute atomic E-state index is 0.000771. The van der Waals surface area contributed by atoms with Gasteiger partial charge in [0.15, 0.2) is 0 Å². The number of fused-ring (bicyclic) bond motifs is 1. The number of nitrogens with zero attached hydrogens (tertiary/aromatic N) is 2. The first-order chi connectivity index (χ1) is 16.5. The Bertz CT molecular complexity index is 1390. The molecule has 0 spiro atoms. The number of thiophene rings is 1. The molecule has 5 rings (SSSR count). The highest BCUT2D eigenvalue weighted by Crippen LogP contribution is 2.40. The number of benzene rings is 2. The third-order valence-electron chi connectivity index (χ3n) is 6.10. The first kappa shape index (κ1) is 22.4. The molecule has 0 aliphatic carbocycles. The van der Waals surface area contributed by atoms with Crippen LogP contribution in [0.25, 0.3) is 21.2 Å². The van der Waals surface area contributed by atoms with Crippen LogP contribution in [-0.2, 0) is 18.3 Å². The fraction of sp³-hybridized carbons (Fsp3) is 0.259. The molecule has 1 unspecified atom stereocenters. The molecular formula is C27H26N2O4S. The average Bonchev–Trinajstić information content (AvgIpc) is 3.58. The topological polar surface area (TPSA) is 64.1 Å². The van der Waals surface area contributed by atoms with Gasteiger partial charge in [-0.3, -0.25) is 9.59 Å². The molecule has 6 nitrogen and oxygen atoms in total. The SMILES string of the molecule is COc1ccc(-c2ccc(=O)n(C)c2)c2sc(C(=O)N(CCC3CO3)Cc3ccccc3)cc12. The maximum absolute atomic E-state index is 13.7. The number of epoxide rings is 1. The molecule has 0 saturated carbocycles. The van der Waals surface area contributed by atoms with Gasteiger partial charge in [0, 0.05) is 48.0 Å². The maximum atomic E-state index is 13.7. The molecule has 7 heteroatoms. The van der Waals surface area contributed by atoms with Crippen LogP contribution in [0.3, 0.4) is 0 Å². The Morgan fingerprint density at radius 1 is 1.18 bits per heavy atom. The summed E-state index contributed by atoms with van der Waals surface area (Å²) in [6, 6.07) is 19.3. The molecule has 0 bridgehead atoms. The Kier molecular flexibility index (Phi) is 6.22. The number of hydrogen-bond donors (Lipinski definition) is 0. The number of methoxy groups -OCH3 is 1. The van der Waals surface area contributed by atoms with Crippen molar-refractivity contribution in [2.45, 2.75) is 19.1 Å². The predicted octanol–water partition coefficient (Wildman–Crippen LogP) is 4.71. The van der Waals surface area contributed by atoms with E-state index in [1.54, 1.807) is 24.8 Å². The van der Waals surface area contributed by atoms with Crippen molar-refractivity contribution in [1.29, 1.82) is 0 Å². The highest BCUT2D eigenvalue weighted by Gasteiger charge is 2.26. The Labute approximate surface area is 202 Å². The molecule has 1 saturated heterocycles. The van der Waals surface area contributed by atoms with Gasteiger partial charge in [-0.15, -0.1) is 11.3 Å². The molecule has 1 aliphatic heterocycles. The van der Waals surface area contributed by atoms with Crippen molar-refractivity contribution in [1.82, 2.24) is 9.47 Å². The first-order valence-electron chi connectivity index (χ1n) is 11.3. The second kappa shape index (κ2) is 9.44. The number of carbonyl (C=O) groups excluding carboxylic acids is 1. The monoisotopic (exact) mass is 474 g/mol. The molecule has 1 amide bonds. The summed E-state index contributed by atoms with van der Waals surface area (Å²) in [7, 11) is 3.37. The largest absolute Gasteiger partial charge is 0.496 e. The van der Waals surface area contributed by atoms with Crippen LogP contribution in [0.2, 0.25) is 0 Å². The zero-order valence-corrected chi connectivity index (χ0v) is 20.0. The van der Waals surface area contributed by atoms with Crippen LogP contribution in [0.15, 0.2) is 71.7 Å². The fourth-order valence-electron chi connectivity index (χ4n) is 4.11. The number of hydrogen-bond acceptors (Lipinski definition) is 5. The molecule has 0 radical (unpaired) electrons. The van der Waals surface area contributed by atoms with Crippen molar-refractivity contribution in [2.75, 3.05) is 20.3 Å². The molecule has 4 aromatic rings. The summed E-state index contributed by atoms with van der Waals surface area (Å²) in [6.45, 7) is 1.96. The number of ether oxygens (including phenoxy) is 2. The quantitative estimate of drug-likeness (QED) is 0.347. The molecule has 1 aliphatic rings. The van der Waals surface area contributed by atoms with Crippen molar-refractivity contribution in [3.63, 3.8) is 0 Å². The van der Waals surface area contributed by atoms with Crippen LogP contribution < -0.4 is 10.3 Å². The first-order valence-corrected chi connectivity index (χ1v) is 12.1. The highest BCUT2D eigenvalue weighted by atomic mass is 32.1. The van der Waals surface area contributed by atoms with Gasteiger partial charge in [0.1, 0.15) is 5.75 Å². The molecule has 1 fully saturated rings. The van der Waals surface area contributed by atoms with Gasteiger partial charge in [-0.25, -0.2) is 0 Å². The van der Waals surface area contributed by atoms with Gasteiger partial charge < -0.3 is 18.9 Å². The minimum Gasteiger partial charge on any atom is -0.496 e. The van der Waals surface area contributed by atoms with E-state index in [0.29, 0.717) is 18.0 Å². The lowest BCUT2D eigenvalue weighted by Gasteiger charge is -2.22. The van der Waals surface area contributed by atoms with Crippen molar-refractivity contribution in [3.8, 4) is 16.9 Å². The second-order valence-corrected chi connectivity index (χ2v) is 9.54. The summed E-state index contributed by atoms with van der Waals surface area (Å²) < 4.78 is 13.5.